The van der Waals surface area contributed by atoms with Gasteiger partial charge in [-0.3, -0.25) is 4.79 Å². The molecule has 2 atom stereocenters. The van der Waals surface area contributed by atoms with Gasteiger partial charge in [-0.15, -0.1) is 4.67 Å². The Labute approximate surface area is 74.2 Å². The molecule has 0 fully saturated rings. The molecule has 2 N–H and O–H groups in total. The second-order valence-electron chi connectivity index (χ2n) is 1.87. The summed E-state index contributed by atoms with van der Waals surface area (Å²) in [6.07, 6.45) is 0. The van der Waals surface area contributed by atoms with Crippen LogP contribution in [0.15, 0.2) is 0 Å². The molecule has 0 aliphatic carbocycles. The largest absolute Gasteiger partial charge is 0.505 e. The molecular formula is C4H9ClNO5P. The van der Waals surface area contributed by atoms with Crippen molar-refractivity contribution in [1.82, 2.24) is 0 Å². The Morgan fingerprint density at radius 1 is 1.67 bits per heavy atom. The lowest BCUT2D eigenvalue weighted by Crippen LogP contribution is -2.27. The second kappa shape index (κ2) is 4.79. The highest BCUT2D eigenvalue weighted by atomic mass is 35.7. The average molecular weight is 218 g/mol. The number of halogens is 1. The SMILES string of the molecule is COOP(=O)(Cl)OC(=O)[C@H](C)N. The van der Waals surface area contributed by atoms with Crippen LogP contribution >= 0.6 is 18.2 Å². The van der Waals surface area contributed by atoms with Crippen molar-refractivity contribution in [3.05, 3.63) is 0 Å². The van der Waals surface area contributed by atoms with Gasteiger partial charge in [-0.05, 0) is 6.92 Å². The van der Waals surface area contributed by atoms with Gasteiger partial charge in [-0.1, -0.05) is 0 Å². The highest BCUT2D eigenvalue weighted by molar-refractivity contribution is 7.81. The molecule has 0 aromatic carbocycles. The monoisotopic (exact) mass is 217 g/mol. The molecule has 0 radical (unpaired) electrons. The van der Waals surface area contributed by atoms with Crippen LogP contribution < -0.4 is 5.73 Å². The van der Waals surface area contributed by atoms with Gasteiger partial charge in [0.15, 0.2) is 0 Å². The second-order valence-corrected chi connectivity index (χ2v) is 4.31. The fourth-order valence-electron chi connectivity index (χ4n) is 0.295. The van der Waals surface area contributed by atoms with Crippen molar-refractivity contribution in [3.63, 3.8) is 0 Å². The quantitative estimate of drug-likeness (QED) is 0.426. The molecular weight excluding hydrogens is 208 g/mol. The predicted molar refractivity (Wildman–Crippen MR) is 41.3 cm³/mol. The first kappa shape index (κ1) is 11.9. The summed E-state index contributed by atoms with van der Waals surface area (Å²) in [5.74, 6) is -0.926. The minimum Gasteiger partial charge on any atom is -0.378 e. The van der Waals surface area contributed by atoms with Gasteiger partial charge in [0, 0.05) is 11.2 Å². The van der Waals surface area contributed by atoms with E-state index in [0.717, 1.165) is 7.11 Å². The smallest absolute Gasteiger partial charge is 0.378 e. The molecule has 0 aromatic rings. The summed E-state index contributed by atoms with van der Waals surface area (Å²) < 4.78 is 19.0. The fourth-order valence-corrected chi connectivity index (χ4v) is 1.26. The molecule has 0 rings (SSSR count). The first-order valence-electron chi connectivity index (χ1n) is 2.90. The minimum absolute atomic E-state index is 0.919. The van der Waals surface area contributed by atoms with Crippen LogP contribution in [0.5, 0.6) is 0 Å². The van der Waals surface area contributed by atoms with Crippen LogP contribution in [0.25, 0.3) is 0 Å². The standard InChI is InChI=1S/C4H9ClNO5P/c1-3(6)4(7)10-12(5,8)11-9-2/h3H,6H2,1-2H3/t3-,12?/m0/s1. The van der Waals surface area contributed by atoms with Gasteiger partial charge < -0.3 is 10.3 Å². The summed E-state index contributed by atoms with van der Waals surface area (Å²) in [5, 5.41) is 0. The average Bonchev–Trinajstić information content (AvgIpc) is 1.85. The molecule has 0 amide bonds. The summed E-state index contributed by atoms with van der Waals surface area (Å²) in [7, 11) is 1.08. The zero-order valence-electron chi connectivity index (χ0n) is 6.52. The lowest BCUT2D eigenvalue weighted by molar-refractivity contribution is -0.185. The van der Waals surface area contributed by atoms with Gasteiger partial charge in [0.2, 0.25) is 0 Å². The van der Waals surface area contributed by atoms with Crippen molar-refractivity contribution < 1.29 is 23.4 Å². The summed E-state index contributed by atoms with van der Waals surface area (Å²) >= 11 is 5.09. The van der Waals surface area contributed by atoms with E-state index in [0.29, 0.717) is 0 Å². The highest BCUT2D eigenvalue weighted by Crippen LogP contribution is 2.53. The Morgan fingerprint density at radius 2 is 2.17 bits per heavy atom. The molecule has 0 spiro atoms. The summed E-state index contributed by atoms with van der Waals surface area (Å²) in [6, 6.07) is -0.919. The van der Waals surface area contributed by atoms with E-state index in [9.17, 15) is 9.36 Å². The van der Waals surface area contributed by atoms with E-state index in [1.54, 1.807) is 0 Å². The van der Waals surface area contributed by atoms with E-state index in [4.69, 9.17) is 17.0 Å². The maximum atomic E-state index is 10.8. The van der Waals surface area contributed by atoms with Crippen LogP contribution in [0.4, 0.5) is 0 Å². The zero-order chi connectivity index (χ0) is 9.78. The number of nitrogens with two attached hydrogens (primary N) is 1. The van der Waals surface area contributed by atoms with Gasteiger partial charge in [0.1, 0.15) is 6.04 Å². The van der Waals surface area contributed by atoms with Gasteiger partial charge in [-0.2, -0.15) is 0 Å². The molecule has 0 heterocycles. The fraction of sp³-hybridized carbons (Fsp3) is 0.750. The van der Waals surface area contributed by atoms with Crippen molar-refractivity contribution in [2.75, 3.05) is 7.11 Å². The lowest BCUT2D eigenvalue weighted by atomic mass is 10.4. The summed E-state index contributed by atoms with van der Waals surface area (Å²) in [6.45, 7) is -2.63. The van der Waals surface area contributed by atoms with Crippen LogP contribution in [-0.2, 0) is 23.4 Å². The first-order valence-corrected chi connectivity index (χ1v) is 5.35. The highest BCUT2D eigenvalue weighted by Gasteiger charge is 2.28. The number of hydrogen-bond acceptors (Lipinski definition) is 6. The predicted octanol–water partition coefficient (Wildman–Crippen LogP) is 0.802. The van der Waals surface area contributed by atoms with Crippen molar-refractivity contribution in [1.29, 1.82) is 0 Å². The van der Waals surface area contributed by atoms with Crippen molar-refractivity contribution in [2.24, 2.45) is 5.73 Å². The maximum Gasteiger partial charge on any atom is 0.505 e. The number of hydrogen-bond donors (Lipinski definition) is 1. The van der Waals surface area contributed by atoms with E-state index in [1.165, 1.54) is 6.92 Å². The van der Waals surface area contributed by atoms with Crippen molar-refractivity contribution in [3.8, 4) is 0 Å². The number of carbonyl (C=O) groups is 1. The third-order valence-corrected chi connectivity index (χ3v) is 1.84. The van der Waals surface area contributed by atoms with Crippen LogP contribution in [-0.4, -0.2) is 19.1 Å². The van der Waals surface area contributed by atoms with Crippen molar-refractivity contribution >= 4 is 24.2 Å². The maximum absolute atomic E-state index is 10.8. The summed E-state index contributed by atoms with van der Waals surface area (Å²) in [5.41, 5.74) is 5.09. The Balaban J connectivity index is 4.06. The Hall–Kier alpha value is -0.130. The number of rotatable bonds is 4. The summed E-state index contributed by atoms with van der Waals surface area (Å²) in [4.78, 5) is 14.7. The van der Waals surface area contributed by atoms with Gasteiger partial charge in [-0.25, -0.2) is 9.45 Å². The normalized spacial score (nSPS) is 18.0. The molecule has 1 unspecified atom stereocenters. The Bertz CT molecular complexity index is 208. The number of carbonyl (C=O) groups excluding carboxylic acids is 1. The van der Waals surface area contributed by atoms with E-state index >= 15 is 0 Å². The molecule has 0 bridgehead atoms. The first-order chi connectivity index (χ1) is 5.39. The van der Waals surface area contributed by atoms with Crippen LogP contribution in [0.3, 0.4) is 0 Å². The van der Waals surface area contributed by atoms with E-state index in [2.05, 4.69) is 14.1 Å². The Kier molecular flexibility index (Phi) is 4.74. The van der Waals surface area contributed by atoms with E-state index in [1.807, 2.05) is 0 Å². The van der Waals surface area contributed by atoms with Crippen LogP contribution in [0.1, 0.15) is 6.92 Å². The minimum atomic E-state index is -3.98. The van der Waals surface area contributed by atoms with Gasteiger partial charge >= 0.3 is 12.9 Å². The molecule has 0 aromatic heterocycles. The third-order valence-electron chi connectivity index (χ3n) is 0.734. The van der Waals surface area contributed by atoms with Crippen LogP contribution in [0.2, 0.25) is 0 Å². The van der Waals surface area contributed by atoms with Gasteiger partial charge in [0.25, 0.3) is 0 Å². The molecule has 0 aliphatic rings. The van der Waals surface area contributed by atoms with E-state index in [-0.39, 0.29) is 0 Å². The molecule has 6 nitrogen and oxygen atoms in total. The van der Waals surface area contributed by atoms with E-state index < -0.39 is 19.0 Å². The topological polar surface area (TPSA) is 87.9 Å². The molecule has 0 saturated carbocycles. The molecule has 12 heavy (non-hydrogen) atoms. The molecule has 72 valence electrons. The molecule has 0 aliphatic heterocycles. The molecule has 0 saturated heterocycles. The van der Waals surface area contributed by atoms with Gasteiger partial charge in [0.05, 0.1) is 7.11 Å². The zero-order valence-corrected chi connectivity index (χ0v) is 8.17. The third kappa shape index (κ3) is 4.69. The van der Waals surface area contributed by atoms with Crippen molar-refractivity contribution in [2.45, 2.75) is 13.0 Å². The molecule has 8 heteroatoms. The van der Waals surface area contributed by atoms with Crippen LogP contribution in [0, 0.1) is 0 Å². The lowest BCUT2D eigenvalue weighted by Gasteiger charge is -2.09. The Morgan fingerprint density at radius 3 is 2.50 bits per heavy atom.